The first-order chi connectivity index (χ1) is 18.7. The molecule has 9 nitrogen and oxygen atoms in total. The van der Waals surface area contributed by atoms with Gasteiger partial charge in [-0.2, -0.15) is 4.72 Å². The van der Waals surface area contributed by atoms with Gasteiger partial charge in [0.15, 0.2) is 5.58 Å². The lowest BCUT2D eigenvalue weighted by atomic mass is 10.1. The molecule has 0 spiro atoms. The van der Waals surface area contributed by atoms with E-state index >= 15 is 0 Å². The average molecular weight is 564 g/mol. The summed E-state index contributed by atoms with van der Waals surface area (Å²) < 4.78 is 39.5. The van der Waals surface area contributed by atoms with Crippen LogP contribution in [-0.2, 0) is 19.6 Å². The zero-order chi connectivity index (χ0) is 29.2. The Balaban J connectivity index is 1.44. The number of carbonyl (C=O) groups is 2. The van der Waals surface area contributed by atoms with Gasteiger partial charge in [-0.1, -0.05) is 50.2 Å². The maximum Gasteiger partial charge on any atom is 0.324 e. The lowest BCUT2D eigenvalue weighted by Crippen LogP contribution is -2.47. The van der Waals surface area contributed by atoms with Crippen molar-refractivity contribution in [3.63, 3.8) is 0 Å². The van der Waals surface area contributed by atoms with Crippen LogP contribution in [0.5, 0.6) is 0 Å². The minimum absolute atomic E-state index is 0.0230. The van der Waals surface area contributed by atoms with Crippen LogP contribution < -0.4 is 10.0 Å². The zero-order valence-electron chi connectivity index (χ0n) is 23.3. The summed E-state index contributed by atoms with van der Waals surface area (Å²) >= 11 is 0. The Morgan fingerprint density at radius 2 is 1.52 bits per heavy atom. The second-order valence-electron chi connectivity index (χ2n) is 10.9. The lowest BCUT2D eigenvalue weighted by Gasteiger charge is -2.26. The molecule has 4 aromatic rings. The molecule has 40 heavy (non-hydrogen) atoms. The number of hydrogen-bond donors (Lipinski definition) is 2. The standard InChI is InChI=1S/C30H33N3O6S/c1-18(2)25(29(35)39-30(4,5)6)33-40(36,37)23-16-12-21(13-17-23)20-10-14-22(15-11-20)31-27(34)28-32-26-19(3)8-7-9-24(26)38-28/h7-18,25,33H,1-6H3,(H,31,34). The van der Waals surface area contributed by atoms with E-state index in [2.05, 4.69) is 15.0 Å². The van der Waals surface area contributed by atoms with Gasteiger partial charge in [-0.05, 0) is 80.6 Å². The molecule has 10 heteroatoms. The maximum absolute atomic E-state index is 13.0. The highest BCUT2D eigenvalue weighted by atomic mass is 32.2. The second kappa shape index (κ2) is 11.2. The highest BCUT2D eigenvalue weighted by molar-refractivity contribution is 7.89. The molecule has 4 rings (SSSR count). The van der Waals surface area contributed by atoms with Crippen molar-refractivity contribution in [1.29, 1.82) is 0 Å². The summed E-state index contributed by atoms with van der Waals surface area (Å²) in [6, 6.07) is 17.9. The van der Waals surface area contributed by atoms with Crippen LogP contribution in [0.15, 0.2) is 76.0 Å². The van der Waals surface area contributed by atoms with Gasteiger partial charge < -0.3 is 14.5 Å². The Labute approximate surface area is 234 Å². The van der Waals surface area contributed by atoms with E-state index in [1.807, 2.05) is 31.2 Å². The number of benzene rings is 3. The predicted molar refractivity (Wildman–Crippen MR) is 153 cm³/mol. The number of fused-ring (bicyclic) bond motifs is 1. The highest BCUT2D eigenvalue weighted by Gasteiger charge is 2.32. The molecule has 1 amide bonds. The van der Waals surface area contributed by atoms with E-state index in [-0.39, 0.29) is 16.7 Å². The van der Waals surface area contributed by atoms with Crippen molar-refractivity contribution in [2.24, 2.45) is 5.92 Å². The Morgan fingerprint density at radius 1 is 0.925 bits per heavy atom. The Kier molecular flexibility index (Phi) is 8.13. The van der Waals surface area contributed by atoms with Crippen LogP contribution >= 0.6 is 0 Å². The number of oxazole rings is 1. The molecule has 1 atom stereocenters. The number of nitrogens with one attached hydrogen (secondary N) is 2. The molecule has 2 N–H and O–H groups in total. The lowest BCUT2D eigenvalue weighted by molar-refractivity contribution is -0.158. The van der Waals surface area contributed by atoms with Crippen LogP contribution in [0.2, 0.25) is 0 Å². The normalized spacial score (nSPS) is 12.9. The number of aryl methyl sites for hydroxylation is 1. The largest absolute Gasteiger partial charge is 0.459 e. The molecular weight excluding hydrogens is 530 g/mol. The third-order valence-electron chi connectivity index (χ3n) is 6.07. The van der Waals surface area contributed by atoms with Crippen molar-refractivity contribution in [2.75, 3.05) is 5.32 Å². The first-order valence-electron chi connectivity index (χ1n) is 12.9. The number of rotatable bonds is 8. The topological polar surface area (TPSA) is 128 Å². The van der Waals surface area contributed by atoms with E-state index in [0.29, 0.717) is 16.8 Å². The number of esters is 1. The Morgan fingerprint density at radius 3 is 2.08 bits per heavy atom. The van der Waals surface area contributed by atoms with Crippen LogP contribution in [0.25, 0.3) is 22.2 Å². The number of sulfonamides is 1. The molecule has 0 saturated carbocycles. The van der Waals surface area contributed by atoms with Crippen molar-refractivity contribution in [3.8, 4) is 11.1 Å². The van der Waals surface area contributed by atoms with Gasteiger partial charge in [0.2, 0.25) is 10.0 Å². The van der Waals surface area contributed by atoms with Crippen LogP contribution in [0.1, 0.15) is 50.9 Å². The number of amides is 1. The number of carbonyl (C=O) groups excluding carboxylic acids is 2. The molecule has 1 aromatic heterocycles. The predicted octanol–water partition coefficient (Wildman–Crippen LogP) is 5.70. The third-order valence-corrected chi connectivity index (χ3v) is 7.52. The minimum Gasteiger partial charge on any atom is -0.459 e. The van der Waals surface area contributed by atoms with Gasteiger partial charge in [-0.25, -0.2) is 13.4 Å². The summed E-state index contributed by atoms with van der Waals surface area (Å²) in [4.78, 5) is 29.6. The molecule has 0 aliphatic heterocycles. The van der Waals surface area contributed by atoms with Gasteiger partial charge in [0.1, 0.15) is 17.2 Å². The first-order valence-corrected chi connectivity index (χ1v) is 14.3. The van der Waals surface area contributed by atoms with Crippen LogP contribution in [-0.4, -0.2) is 36.9 Å². The van der Waals surface area contributed by atoms with Crippen molar-refractivity contribution in [1.82, 2.24) is 9.71 Å². The highest BCUT2D eigenvalue weighted by Crippen LogP contribution is 2.25. The summed E-state index contributed by atoms with van der Waals surface area (Å²) in [6.45, 7) is 10.6. The summed E-state index contributed by atoms with van der Waals surface area (Å²) in [6.07, 6.45) is 0. The number of para-hydroxylation sites is 1. The van der Waals surface area contributed by atoms with Crippen LogP contribution in [0.3, 0.4) is 0 Å². The van der Waals surface area contributed by atoms with E-state index in [1.54, 1.807) is 65.0 Å². The number of hydrogen-bond acceptors (Lipinski definition) is 7. The van der Waals surface area contributed by atoms with Gasteiger partial charge in [0, 0.05) is 5.69 Å². The monoisotopic (exact) mass is 563 g/mol. The van der Waals surface area contributed by atoms with Crippen molar-refractivity contribution in [2.45, 2.75) is 58.1 Å². The molecule has 0 saturated heterocycles. The van der Waals surface area contributed by atoms with E-state index < -0.39 is 33.5 Å². The molecule has 0 aliphatic carbocycles. The maximum atomic E-state index is 13.0. The minimum atomic E-state index is -3.98. The van der Waals surface area contributed by atoms with E-state index in [9.17, 15) is 18.0 Å². The fraction of sp³-hybridized carbons (Fsp3) is 0.300. The van der Waals surface area contributed by atoms with E-state index in [1.165, 1.54) is 12.1 Å². The number of anilines is 1. The SMILES string of the molecule is Cc1cccc2oc(C(=O)Nc3ccc(-c4ccc(S(=O)(=O)NC(C(=O)OC(C)(C)C)C(C)C)cc4)cc3)nc12. The summed E-state index contributed by atoms with van der Waals surface area (Å²) in [7, 11) is -3.98. The molecule has 0 fully saturated rings. The Hall–Kier alpha value is -4.02. The fourth-order valence-electron chi connectivity index (χ4n) is 4.00. The van der Waals surface area contributed by atoms with Crippen LogP contribution in [0.4, 0.5) is 5.69 Å². The molecule has 0 aliphatic rings. The van der Waals surface area contributed by atoms with Crippen LogP contribution in [0, 0.1) is 12.8 Å². The second-order valence-corrected chi connectivity index (χ2v) is 12.6. The number of ether oxygens (including phenoxy) is 1. The van der Waals surface area contributed by atoms with E-state index in [0.717, 1.165) is 16.7 Å². The van der Waals surface area contributed by atoms with Crippen molar-refractivity contribution < 1.29 is 27.2 Å². The molecular formula is C30H33N3O6S. The smallest absolute Gasteiger partial charge is 0.324 e. The first kappa shape index (κ1) is 29.0. The molecule has 1 heterocycles. The average Bonchev–Trinajstić information content (AvgIpc) is 3.33. The molecule has 0 bridgehead atoms. The van der Waals surface area contributed by atoms with Gasteiger partial charge in [0.25, 0.3) is 5.89 Å². The number of aromatic nitrogens is 1. The van der Waals surface area contributed by atoms with Gasteiger partial charge in [-0.15, -0.1) is 0 Å². The van der Waals surface area contributed by atoms with Gasteiger partial charge >= 0.3 is 11.9 Å². The fourth-order valence-corrected chi connectivity index (χ4v) is 5.33. The quantitative estimate of drug-likeness (QED) is 0.263. The van der Waals surface area contributed by atoms with Gasteiger partial charge in [0.05, 0.1) is 4.90 Å². The molecule has 3 aromatic carbocycles. The summed E-state index contributed by atoms with van der Waals surface area (Å²) in [5.74, 6) is -1.42. The molecule has 1 unspecified atom stereocenters. The summed E-state index contributed by atoms with van der Waals surface area (Å²) in [5, 5.41) is 2.78. The van der Waals surface area contributed by atoms with E-state index in [4.69, 9.17) is 9.15 Å². The van der Waals surface area contributed by atoms with Crippen molar-refractivity contribution in [3.05, 3.63) is 78.2 Å². The molecule has 0 radical (unpaired) electrons. The zero-order valence-corrected chi connectivity index (χ0v) is 24.1. The third kappa shape index (κ3) is 6.75. The Bertz CT molecular complexity index is 1630. The van der Waals surface area contributed by atoms with Gasteiger partial charge in [-0.3, -0.25) is 9.59 Å². The summed E-state index contributed by atoms with van der Waals surface area (Å²) in [5.41, 5.74) is 3.53. The van der Waals surface area contributed by atoms with Crippen molar-refractivity contribution >= 4 is 38.7 Å². The number of nitrogens with zero attached hydrogens (tertiary/aromatic N) is 1. The molecule has 210 valence electrons.